The van der Waals surface area contributed by atoms with Crippen LogP contribution >= 0.6 is 0 Å². The molecule has 1 heterocycles. The third kappa shape index (κ3) is 2.84. The first-order valence-electron chi connectivity index (χ1n) is 7.66. The summed E-state index contributed by atoms with van der Waals surface area (Å²) >= 11 is 0. The van der Waals surface area contributed by atoms with Crippen LogP contribution in [0.3, 0.4) is 0 Å². The van der Waals surface area contributed by atoms with Crippen LogP contribution in [0.15, 0.2) is 18.2 Å². The molecule has 1 aromatic carbocycles. The summed E-state index contributed by atoms with van der Waals surface area (Å²) in [6.07, 6.45) is 0. The summed E-state index contributed by atoms with van der Waals surface area (Å²) < 4.78 is 6.24. The molecule has 2 rings (SSSR count). The van der Waals surface area contributed by atoms with Crippen LogP contribution in [0.2, 0.25) is 0 Å². The van der Waals surface area contributed by atoms with Gasteiger partial charge in [-0.05, 0) is 39.9 Å². The minimum Gasteiger partial charge on any atom is -0.487 e. The predicted octanol–water partition coefficient (Wildman–Crippen LogP) is 3.12. The fourth-order valence-corrected chi connectivity index (χ4v) is 3.12. The van der Waals surface area contributed by atoms with Gasteiger partial charge >= 0.3 is 0 Å². The molecule has 0 amide bonds. The standard InChI is InChI=1S/C17H28N2O/c1-6-19(7-2)11-14-16(18)13-10-12(3)8-9-15(13)20-17(14,4)5/h8-10,14,16H,6-7,11,18H2,1-5H3. The Kier molecular flexibility index (Phi) is 4.40. The SMILES string of the molecule is CCN(CC)CC1C(N)c2cc(C)ccc2OC1(C)C. The largest absolute Gasteiger partial charge is 0.487 e. The van der Waals surface area contributed by atoms with Crippen LogP contribution in [0.25, 0.3) is 0 Å². The van der Waals surface area contributed by atoms with E-state index < -0.39 is 0 Å². The summed E-state index contributed by atoms with van der Waals surface area (Å²) in [6.45, 7) is 13.9. The zero-order valence-electron chi connectivity index (χ0n) is 13.4. The van der Waals surface area contributed by atoms with Gasteiger partial charge < -0.3 is 15.4 Å². The molecule has 2 unspecified atom stereocenters. The van der Waals surface area contributed by atoms with E-state index in [-0.39, 0.29) is 11.6 Å². The summed E-state index contributed by atoms with van der Waals surface area (Å²) in [4.78, 5) is 2.43. The highest BCUT2D eigenvalue weighted by molar-refractivity contribution is 5.42. The lowest BCUT2D eigenvalue weighted by molar-refractivity contribution is -0.00533. The van der Waals surface area contributed by atoms with Crippen LogP contribution in [0.1, 0.15) is 44.9 Å². The Bertz CT molecular complexity index is 466. The molecule has 1 aromatic rings. The molecule has 0 aromatic heterocycles. The van der Waals surface area contributed by atoms with Gasteiger partial charge in [0.05, 0.1) is 0 Å². The Morgan fingerprint density at radius 1 is 1.25 bits per heavy atom. The molecule has 112 valence electrons. The number of nitrogens with zero attached hydrogens (tertiary/aromatic N) is 1. The van der Waals surface area contributed by atoms with Crippen molar-refractivity contribution in [3.63, 3.8) is 0 Å². The number of benzene rings is 1. The van der Waals surface area contributed by atoms with Crippen LogP contribution in [0, 0.1) is 12.8 Å². The molecular formula is C17H28N2O. The molecule has 0 fully saturated rings. The van der Waals surface area contributed by atoms with Gasteiger partial charge in [-0.3, -0.25) is 0 Å². The third-order valence-electron chi connectivity index (χ3n) is 4.57. The van der Waals surface area contributed by atoms with Crippen LogP contribution in [-0.4, -0.2) is 30.1 Å². The normalized spacial score (nSPS) is 24.4. The lowest BCUT2D eigenvalue weighted by Gasteiger charge is -2.45. The van der Waals surface area contributed by atoms with E-state index in [1.165, 1.54) is 5.56 Å². The third-order valence-corrected chi connectivity index (χ3v) is 4.57. The molecule has 0 spiro atoms. The summed E-state index contributed by atoms with van der Waals surface area (Å²) in [6, 6.07) is 6.35. The molecule has 0 aliphatic carbocycles. The van der Waals surface area contributed by atoms with Crippen molar-refractivity contribution in [3.05, 3.63) is 29.3 Å². The highest BCUT2D eigenvalue weighted by Crippen LogP contribution is 2.43. The van der Waals surface area contributed by atoms with Gasteiger partial charge in [0.2, 0.25) is 0 Å². The maximum Gasteiger partial charge on any atom is 0.124 e. The molecule has 1 aliphatic rings. The number of fused-ring (bicyclic) bond motifs is 1. The summed E-state index contributed by atoms with van der Waals surface area (Å²) in [5, 5.41) is 0. The maximum atomic E-state index is 6.59. The lowest BCUT2D eigenvalue weighted by Crippen LogP contribution is -2.51. The maximum absolute atomic E-state index is 6.59. The highest BCUT2D eigenvalue weighted by atomic mass is 16.5. The molecule has 3 heteroatoms. The molecular weight excluding hydrogens is 248 g/mol. The number of aryl methyl sites for hydroxylation is 1. The summed E-state index contributed by atoms with van der Waals surface area (Å²) in [5.41, 5.74) is 8.75. The fourth-order valence-electron chi connectivity index (χ4n) is 3.12. The van der Waals surface area contributed by atoms with E-state index >= 15 is 0 Å². The molecule has 2 atom stereocenters. The Morgan fingerprint density at radius 3 is 2.50 bits per heavy atom. The average Bonchev–Trinajstić information content (AvgIpc) is 2.40. The number of hydrogen-bond donors (Lipinski definition) is 1. The van der Waals surface area contributed by atoms with Crippen molar-refractivity contribution in [2.24, 2.45) is 11.7 Å². The quantitative estimate of drug-likeness (QED) is 0.918. The van der Waals surface area contributed by atoms with E-state index in [0.717, 1.165) is 30.9 Å². The lowest BCUT2D eigenvalue weighted by atomic mass is 9.78. The van der Waals surface area contributed by atoms with Crippen molar-refractivity contribution < 1.29 is 4.74 Å². The Hall–Kier alpha value is -1.06. The van der Waals surface area contributed by atoms with Crippen molar-refractivity contribution >= 4 is 0 Å². The van der Waals surface area contributed by atoms with E-state index in [9.17, 15) is 0 Å². The van der Waals surface area contributed by atoms with Gasteiger partial charge in [0.1, 0.15) is 11.4 Å². The van der Waals surface area contributed by atoms with Crippen LogP contribution in [0.4, 0.5) is 0 Å². The molecule has 0 saturated carbocycles. The Balaban J connectivity index is 2.33. The second kappa shape index (κ2) is 5.74. The number of nitrogens with two attached hydrogens (primary N) is 1. The first kappa shape index (κ1) is 15.3. The van der Waals surface area contributed by atoms with Gasteiger partial charge in [-0.25, -0.2) is 0 Å². The highest BCUT2D eigenvalue weighted by Gasteiger charge is 2.42. The molecule has 2 N–H and O–H groups in total. The van der Waals surface area contributed by atoms with Crippen molar-refractivity contribution in [2.45, 2.75) is 46.3 Å². The number of hydrogen-bond acceptors (Lipinski definition) is 3. The molecule has 0 saturated heterocycles. The first-order chi connectivity index (χ1) is 9.39. The van der Waals surface area contributed by atoms with E-state index in [4.69, 9.17) is 10.5 Å². The van der Waals surface area contributed by atoms with Crippen molar-refractivity contribution in [2.75, 3.05) is 19.6 Å². The van der Waals surface area contributed by atoms with Gasteiger partial charge in [-0.15, -0.1) is 0 Å². The second-order valence-corrected chi connectivity index (χ2v) is 6.36. The fraction of sp³-hybridized carbons (Fsp3) is 0.647. The van der Waals surface area contributed by atoms with Gasteiger partial charge in [-0.1, -0.05) is 31.5 Å². The Labute approximate surface area is 123 Å². The number of ether oxygens (including phenoxy) is 1. The van der Waals surface area contributed by atoms with Crippen LogP contribution in [-0.2, 0) is 0 Å². The van der Waals surface area contributed by atoms with Gasteiger partial charge in [-0.2, -0.15) is 0 Å². The van der Waals surface area contributed by atoms with Crippen LogP contribution in [0.5, 0.6) is 5.75 Å². The van der Waals surface area contributed by atoms with Crippen molar-refractivity contribution in [3.8, 4) is 5.75 Å². The van der Waals surface area contributed by atoms with Crippen LogP contribution < -0.4 is 10.5 Å². The van der Waals surface area contributed by atoms with Crippen molar-refractivity contribution in [1.29, 1.82) is 0 Å². The summed E-state index contributed by atoms with van der Waals surface area (Å²) in [5.74, 6) is 1.25. The van der Waals surface area contributed by atoms with E-state index in [2.05, 4.69) is 57.7 Å². The molecule has 1 aliphatic heterocycles. The molecule has 0 radical (unpaired) electrons. The first-order valence-corrected chi connectivity index (χ1v) is 7.66. The molecule has 3 nitrogen and oxygen atoms in total. The van der Waals surface area contributed by atoms with E-state index in [1.807, 2.05) is 0 Å². The van der Waals surface area contributed by atoms with Gasteiger partial charge in [0.25, 0.3) is 0 Å². The second-order valence-electron chi connectivity index (χ2n) is 6.36. The Morgan fingerprint density at radius 2 is 1.90 bits per heavy atom. The van der Waals surface area contributed by atoms with Gasteiger partial charge in [0, 0.05) is 24.1 Å². The average molecular weight is 276 g/mol. The van der Waals surface area contributed by atoms with Gasteiger partial charge in [0.15, 0.2) is 0 Å². The molecule has 0 bridgehead atoms. The predicted molar refractivity (Wildman–Crippen MR) is 84.1 cm³/mol. The van der Waals surface area contributed by atoms with E-state index in [1.54, 1.807) is 0 Å². The van der Waals surface area contributed by atoms with Crippen molar-refractivity contribution in [1.82, 2.24) is 4.90 Å². The smallest absolute Gasteiger partial charge is 0.124 e. The number of rotatable bonds is 4. The topological polar surface area (TPSA) is 38.5 Å². The molecule has 20 heavy (non-hydrogen) atoms. The minimum atomic E-state index is -0.232. The summed E-state index contributed by atoms with van der Waals surface area (Å²) in [7, 11) is 0. The zero-order chi connectivity index (χ0) is 14.9. The monoisotopic (exact) mass is 276 g/mol. The van der Waals surface area contributed by atoms with E-state index in [0.29, 0.717) is 5.92 Å². The minimum absolute atomic E-state index is 0.0363. The zero-order valence-corrected chi connectivity index (χ0v) is 13.4.